The van der Waals surface area contributed by atoms with Crippen molar-refractivity contribution in [2.24, 2.45) is 0 Å². The summed E-state index contributed by atoms with van der Waals surface area (Å²) < 4.78 is 6.70. The second-order valence-corrected chi connectivity index (χ2v) is 7.99. The van der Waals surface area contributed by atoms with E-state index in [9.17, 15) is 9.59 Å². The van der Waals surface area contributed by atoms with E-state index in [1.165, 1.54) is 7.11 Å². The Kier molecular flexibility index (Phi) is 5.48. The van der Waals surface area contributed by atoms with E-state index in [1.54, 1.807) is 17.2 Å². The molecule has 0 atom stereocenters. The number of aromatic nitrogens is 2. The lowest BCUT2D eigenvalue weighted by molar-refractivity contribution is 0.0600. The van der Waals surface area contributed by atoms with Crippen molar-refractivity contribution in [2.45, 2.75) is 13.0 Å². The van der Waals surface area contributed by atoms with Gasteiger partial charge in [0.15, 0.2) is 0 Å². The molecule has 0 N–H and O–H groups in total. The van der Waals surface area contributed by atoms with Crippen LogP contribution in [0.3, 0.4) is 0 Å². The first-order valence-corrected chi connectivity index (χ1v) is 10.8. The first kappa shape index (κ1) is 20.7. The van der Waals surface area contributed by atoms with Gasteiger partial charge < -0.3 is 9.64 Å². The van der Waals surface area contributed by atoms with Crippen LogP contribution < -0.4 is 4.90 Å². The molecule has 0 saturated carbocycles. The molecule has 2 heterocycles. The van der Waals surface area contributed by atoms with E-state index >= 15 is 0 Å². The number of methoxy groups -OCH3 is 1. The Morgan fingerprint density at radius 1 is 1.00 bits per heavy atom. The molecule has 0 aliphatic carbocycles. The van der Waals surface area contributed by atoms with Gasteiger partial charge in [0.25, 0.3) is 5.91 Å². The largest absolute Gasteiger partial charge is 0.465 e. The Hall–Kier alpha value is -4.19. The Balaban J connectivity index is 1.42. The third kappa shape index (κ3) is 4.03. The van der Waals surface area contributed by atoms with Crippen molar-refractivity contribution in [3.63, 3.8) is 0 Å². The summed E-state index contributed by atoms with van der Waals surface area (Å²) in [5.74, 6) is -0.417. The average Bonchev–Trinajstić information content (AvgIpc) is 3.53. The molecule has 5 rings (SSSR count). The Bertz CT molecular complexity index is 1310. The summed E-state index contributed by atoms with van der Waals surface area (Å²) in [7, 11) is 1.37. The zero-order chi connectivity index (χ0) is 22.8. The zero-order valence-corrected chi connectivity index (χ0v) is 18.3. The smallest absolute Gasteiger partial charge is 0.337 e. The molecule has 0 saturated heterocycles. The maximum atomic E-state index is 13.6. The summed E-state index contributed by atoms with van der Waals surface area (Å²) in [5, 5.41) is 4.25. The van der Waals surface area contributed by atoms with Crippen LogP contribution in [0.2, 0.25) is 0 Å². The van der Waals surface area contributed by atoms with E-state index in [-0.39, 0.29) is 11.9 Å². The van der Waals surface area contributed by atoms with E-state index in [1.807, 2.05) is 65.5 Å². The van der Waals surface area contributed by atoms with Gasteiger partial charge in [-0.05, 0) is 59.0 Å². The summed E-state index contributed by atoms with van der Waals surface area (Å²) in [4.78, 5) is 27.2. The van der Waals surface area contributed by atoms with Gasteiger partial charge in [0.2, 0.25) is 0 Å². The minimum absolute atomic E-state index is 0.0456. The van der Waals surface area contributed by atoms with Crippen molar-refractivity contribution in [3.05, 3.63) is 107 Å². The van der Waals surface area contributed by atoms with E-state index < -0.39 is 0 Å². The SMILES string of the molecule is COC(=O)c1ccc2c(c1)CCN2C(=O)c1ccccc1-c1ccc(Cn2cccn2)cc1. The standard InChI is InChI=1S/C27H23N3O3/c1-33-27(32)22-11-12-25-21(17-22)13-16-30(25)26(31)24-6-3-2-5-23(24)20-9-7-19(8-10-20)18-29-15-4-14-28-29/h2-12,14-15,17H,13,16,18H2,1H3. The van der Waals surface area contributed by atoms with Gasteiger partial charge in [-0.2, -0.15) is 5.10 Å². The third-order valence-electron chi connectivity index (χ3n) is 5.97. The monoisotopic (exact) mass is 437 g/mol. The summed E-state index contributed by atoms with van der Waals surface area (Å²) in [5.41, 5.74) is 6.00. The lowest BCUT2D eigenvalue weighted by Crippen LogP contribution is -2.29. The Morgan fingerprint density at radius 2 is 1.82 bits per heavy atom. The number of hydrogen-bond acceptors (Lipinski definition) is 4. The normalized spacial score (nSPS) is 12.5. The third-order valence-corrected chi connectivity index (χ3v) is 5.97. The number of amides is 1. The van der Waals surface area contributed by atoms with Crippen LogP contribution in [-0.4, -0.2) is 35.3 Å². The van der Waals surface area contributed by atoms with Crippen LogP contribution in [0, 0.1) is 0 Å². The van der Waals surface area contributed by atoms with Crippen LogP contribution in [0.15, 0.2) is 85.2 Å². The lowest BCUT2D eigenvalue weighted by atomic mass is 9.97. The maximum Gasteiger partial charge on any atom is 0.337 e. The van der Waals surface area contributed by atoms with Crippen LogP contribution in [0.4, 0.5) is 5.69 Å². The Morgan fingerprint density at radius 3 is 2.58 bits per heavy atom. The predicted molar refractivity (Wildman–Crippen MR) is 126 cm³/mol. The molecule has 164 valence electrons. The van der Waals surface area contributed by atoms with Crippen molar-refractivity contribution in [3.8, 4) is 11.1 Å². The average molecular weight is 437 g/mol. The number of carbonyl (C=O) groups is 2. The minimum atomic E-state index is -0.371. The van der Waals surface area contributed by atoms with Gasteiger partial charge in [0.05, 0.1) is 19.2 Å². The topological polar surface area (TPSA) is 64.4 Å². The van der Waals surface area contributed by atoms with Crippen LogP contribution in [0.5, 0.6) is 0 Å². The van der Waals surface area contributed by atoms with Crippen molar-refractivity contribution >= 4 is 17.6 Å². The number of nitrogens with zero attached hydrogens (tertiary/aromatic N) is 3. The number of carbonyl (C=O) groups excluding carboxylic acids is 2. The number of benzene rings is 3. The summed E-state index contributed by atoms with van der Waals surface area (Å²) in [6, 6.07) is 23.2. The first-order chi connectivity index (χ1) is 16.1. The fraction of sp³-hybridized carbons (Fsp3) is 0.148. The molecule has 1 aliphatic heterocycles. The van der Waals surface area contributed by atoms with Crippen molar-refractivity contribution in [2.75, 3.05) is 18.6 Å². The van der Waals surface area contributed by atoms with Crippen molar-refractivity contribution < 1.29 is 14.3 Å². The molecule has 0 fully saturated rings. The second kappa shape index (κ2) is 8.74. The highest BCUT2D eigenvalue weighted by Gasteiger charge is 2.28. The predicted octanol–water partition coefficient (Wildman–Crippen LogP) is 4.59. The van der Waals surface area contributed by atoms with E-state index in [0.717, 1.165) is 27.9 Å². The number of anilines is 1. The molecular formula is C27H23N3O3. The van der Waals surface area contributed by atoms with Gasteiger partial charge in [-0.1, -0.05) is 42.5 Å². The fourth-order valence-corrected chi connectivity index (χ4v) is 4.30. The van der Waals surface area contributed by atoms with Gasteiger partial charge in [0.1, 0.15) is 0 Å². The summed E-state index contributed by atoms with van der Waals surface area (Å²) in [6.45, 7) is 1.28. The zero-order valence-electron chi connectivity index (χ0n) is 18.3. The molecule has 6 nitrogen and oxygen atoms in total. The molecule has 3 aromatic carbocycles. The van der Waals surface area contributed by atoms with Gasteiger partial charge in [0, 0.05) is 30.2 Å². The van der Waals surface area contributed by atoms with Crippen LogP contribution >= 0.6 is 0 Å². The Labute approximate surface area is 192 Å². The van der Waals surface area contributed by atoms with Gasteiger partial charge in [-0.15, -0.1) is 0 Å². The molecule has 0 unspecified atom stereocenters. The van der Waals surface area contributed by atoms with E-state index in [2.05, 4.69) is 17.2 Å². The van der Waals surface area contributed by atoms with Crippen molar-refractivity contribution in [1.82, 2.24) is 9.78 Å². The van der Waals surface area contributed by atoms with E-state index in [0.29, 0.717) is 30.6 Å². The molecule has 6 heteroatoms. The molecular weight excluding hydrogens is 414 g/mol. The number of esters is 1. The molecule has 0 bridgehead atoms. The summed E-state index contributed by atoms with van der Waals surface area (Å²) >= 11 is 0. The molecule has 0 spiro atoms. The summed E-state index contributed by atoms with van der Waals surface area (Å²) in [6.07, 6.45) is 4.41. The highest BCUT2D eigenvalue weighted by Crippen LogP contribution is 2.33. The van der Waals surface area contributed by atoms with E-state index in [4.69, 9.17) is 4.74 Å². The van der Waals surface area contributed by atoms with Crippen LogP contribution in [0.25, 0.3) is 11.1 Å². The lowest BCUT2D eigenvalue weighted by Gasteiger charge is -2.20. The molecule has 33 heavy (non-hydrogen) atoms. The van der Waals surface area contributed by atoms with Crippen molar-refractivity contribution in [1.29, 1.82) is 0 Å². The van der Waals surface area contributed by atoms with Gasteiger partial charge in [-0.25, -0.2) is 4.79 Å². The molecule has 4 aromatic rings. The van der Waals surface area contributed by atoms with Gasteiger partial charge >= 0.3 is 5.97 Å². The first-order valence-electron chi connectivity index (χ1n) is 10.8. The maximum absolute atomic E-state index is 13.6. The molecule has 1 amide bonds. The fourth-order valence-electron chi connectivity index (χ4n) is 4.30. The molecule has 1 aliphatic rings. The van der Waals surface area contributed by atoms with Crippen LogP contribution in [-0.2, 0) is 17.7 Å². The number of fused-ring (bicyclic) bond motifs is 1. The van der Waals surface area contributed by atoms with Crippen LogP contribution in [0.1, 0.15) is 31.8 Å². The number of hydrogen-bond donors (Lipinski definition) is 0. The highest BCUT2D eigenvalue weighted by atomic mass is 16.5. The minimum Gasteiger partial charge on any atom is -0.465 e. The number of rotatable bonds is 5. The van der Waals surface area contributed by atoms with Gasteiger partial charge in [-0.3, -0.25) is 9.48 Å². The highest BCUT2D eigenvalue weighted by molar-refractivity contribution is 6.11. The second-order valence-electron chi connectivity index (χ2n) is 7.99. The molecule has 1 aromatic heterocycles. The number of ether oxygens (including phenoxy) is 1. The quantitative estimate of drug-likeness (QED) is 0.429. The molecule has 0 radical (unpaired) electrons.